The van der Waals surface area contributed by atoms with Gasteiger partial charge in [0.1, 0.15) is 26.0 Å². The van der Waals surface area contributed by atoms with Crippen molar-refractivity contribution in [2.75, 3.05) is 66.5 Å². The summed E-state index contributed by atoms with van der Waals surface area (Å²) in [5.41, 5.74) is 3.91. The van der Waals surface area contributed by atoms with Crippen LogP contribution < -0.4 is 28.7 Å². The summed E-state index contributed by atoms with van der Waals surface area (Å²) in [6.07, 6.45) is 5.08. The van der Waals surface area contributed by atoms with Crippen molar-refractivity contribution in [1.82, 2.24) is 0 Å². The van der Waals surface area contributed by atoms with Gasteiger partial charge in [0.25, 0.3) is 0 Å². The van der Waals surface area contributed by atoms with E-state index in [1.54, 1.807) is 0 Å². The lowest BCUT2D eigenvalue weighted by Gasteiger charge is -2.16. The van der Waals surface area contributed by atoms with Crippen molar-refractivity contribution in [1.29, 1.82) is 0 Å². The molecule has 1 aliphatic rings. The summed E-state index contributed by atoms with van der Waals surface area (Å²) in [4.78, 5) is 0. The van der Waals surface area contributed by atoms with Crippen LogP contribution in [0.25, 0.3) is 0 Å². The molecular formula is C23H34INO5. The number of rotatable bonds is 14. The number of halogens is 1. The van der Waals surface area contributed by atoms with E-state index >= 15 is 0 Å². The minimum Gasteiger partial charge on any atom is -1.00 e. The van der Waals surface area contributed by atoms with Gasteiger partial charge in [-0.1, -0.05) is 5.92 Å². The molecule has 0 atom stereocenters. The Bertz CT molecular complexity index is 727. The van der Waals surface area contributed by atoms with E-state index in [1.165, 1.54) is 17.0 Å². The first-order chi connectivity index (χ1) is 14.0. The van der Waals surface area contributed by atoms with Gasteiger partial charge in [-0.2, -0.15) is 0 Å². The molecule has 0 radical (unpaired) electrons. The summed E-state index contributed by atoms with van der Waals surface area (Å²) in [5, 5.41) is 0. The van der Waals surface area contributed by atoms with Crippen LogP contribution in [0.1, 0.15) is 26.3 Å². The fourth-order valence-corrected chi connectivity index (χ4v) is 3.20. The lowest BCUT2D eigenvalue weighted by Crippen LogP contribution is -3.00. The predicted molar refractivity (Wildman–Crippen MR) is 114 cm³/mol. The van der Waals surface area contributed by atoms with Crippen LogP contribution in [0.5, 0.6) is 5.75 Å². The lowest BCUT2D eigenvalue weighted by atomic mass is 9.82. The zero-order valence-electron chi connectivity index (χ0n) is 18.5. The van der Waals surface area contributed by atoms with Crippen molar-refractivity contribution in [2.24, 2.45) is 0 Å². The van der Waals surface area contributed by atoms with Gasteiger partial charge in [-0.25, -0.2) is 4.58 Å². The van der Waals surface area contributed by atoms with Gasteiger partial charge in [-0.15, -0.1) is 6.42 Å². The summed E-state index contributed by atoms with van der Waals surface area (Å²) < 4.78 is 29.6. The van der Waals surface area contributed by atoms with Gasteiger partial charge >= 0.3 is 0 Å². The molecule has 0 aliphatic carbocycles. The Morgan fingerprint density at radius 1 is 0.900 bits per heavy atom. The van der Waals surface area contributed by atoms with Gasteiger partial charge in [0, 0.05) is 18.6 Å². The molecule has 0 unspecified atom stereocenters. The van der Waals surface area contributed by atoms with Crippen molar-refractivity contribution in [2.45, 2.75) is 26.2 Å². The van der Waals surface area contributed by atoms with Crippen molar-refractivity contribution in [3.63, 3.8) is 0 Å². The molecule has 2 rings (SSSR count). The molecule has 1 aliphatic heterocycles. The van der Waals surface area contributed by atoms with Crippen LogP contribution >= 0.6 is 0 Å². The highest BCUT2D eigenvalue weighted by molar-refractivity contribution is 5.93. The average Bonchev–Trinajstić information content (AvgIpc) is 2.88. The molecule has 0 spiro atoms. The van der Waals surface area contributed by atoms with Gasteiger partial charge in [-0.3, -0.25) is 0 Å². The van der Waals surface area contributed by atoms with Gasteiger partial charge in [-0.05, 0) is 26.0 Å². The molecule has 0 aromatic heterocycles. The van der Waals surface area contributed by atoms with Gasteiger partial charge in [0.05, 0.1) is 51.7 Å². The fourth-order valence-electron chi connectivity index (χ4n) is 3.20. The molecule has 0 amide bonds. The molecule has 0 saturated heterocycles. The largest absolute Gasteiger partial charge is 1.00 e. The van der Waals surface area contributed by atoms with E-state index in [1.807, 2.05) is 6.07 Å². The van der Waals surface area contributed by atoms with Crippen molar-refractivity contribution >= 4 is 11.4 Å². The van der Waals surface area contributed by atoms with Crippen LogP contribution in [0.4, 0.5) is 5.69 Å². The van der Waals surface area contributed by atoms with Crippen molar-refractivity contribution < 1.29 is 52.2 Å². The topological polar surface area (TPSA) is 49.2 Å². The molecule has 0 bridgehead atoms. The standard InChI is InChI=1S/C23H34NO5.HI/c1-6-9-25-10-11-26-12-13-27-14-15-28-16-17-29-20-7-8-22-21(18-20)23(3,4)19(2)24(22)5;/h1,7-8,18H,9-17H2,2-5H3;1H/q+1;/p-1. The normalized spacial score (nSPS) is 14.2. The van der Waals surface area contributed by atoms with Crippen molar-refractivity contribution in [3.8, 4) is 18.1 Å². The maximum atomic E-state index is 5.86. The summed E-state index contributed by atoms with van der Waals surface area (Å²) in [6, 6.07) is 6.29. The molecule has 0 saturated carbocycles. The minimum atomic E-state index is 0. The van der Waals surface area contributed by atoms with Gasteiger partial charge < -0.3 is 47.7 Å². The highest BCUT2D eigenvalue weighted by Gasteiger charge is 2.41. The maximum absolute atomic E-state index is 5.86. The molecule has 0 fully saturated rings. The molecule has 1 aromatic carbocycles. The second kappa shape index (κ2) is 14.0. The average molecular weight is 531 g/mol. The molecule has 1 aromatic rings. The number of hydrogen-bond acceptors (Lipinski definition) is 5. The van der Waals surface area contributed by atoms with E-state index in [4.69, 9.17) is 30.1 Å². The SMILES string of the molecule is C#CCOCCOCCOCCOCCOc1ccc2c(c1)C(C)(C)C(C)=[N+]2C.[I-]. The fraction of sp³-hybridized carbons (Fsp3) is 0.609. The van der Waals surface area contributed by atoms with Crippen LogP contribution in [-0.4, -0.2) is 76.8 Å². The van der Waals surface area contributed by atoms with E-state index < -0.39 is 0 Å². The lowest BCUT2D eigenvalue weighted by molar-refractivity contribution is -0.403. The Balaban J connectivity index is 0.00000450. The van der Waals surface area contributed by atoms with Gasteiger partial charge in [0.15, 0.2) is 5.71 Å². The number of terminal acetylenes is 1. The third kappa shape index (κ3) is 7.82. The first-order valence-corrected chi connectivity index (χ1v) is 10.1. The number of fused-ring (bicyclic) bond motifs is 1. The minimum absolute atomic E-state index is 0. The monoisotopic (exact) mass is 531 g/mol. The zero-order valence-corrected chi connectivity index (χ0v) is 20.7. The van der Waals surface area contributed by atoms with E-state index in [-0.39, 0.29) is 29.4 Å². The molecule has 168 valence electrons. The highest BCUT2D eigenvalue weighted by atomic mass is 127. The third-order valence-electron chi connectivity index (χ3n) is 5.21. The number of hydrogen-bond donors (Lipinski definition) is 0. The van der Waals surface area contributed by atoms with Gasteiger partial charge in [0.2, 0.25) is 5.69 Å². The summed E-state index contributed by atoms with van der Waals surface area (Å²) in [6.45, 7) is 11.2. The summed E-state index contributed by atoms with van der Waals surface area (Å²) in [7, 11) is 2.11. The van der Waals surface area contributed by atoms with Crippen LogP contribution in [0.2, 0.25) is 0 Å². The first kappa shape index (κ1) is 26.9. The molecule has 7 heteroatoms. The predicted octanol–water partition coefficient (Wildman–Crippen LogP) is -0.205. The molecule has 1 heterocycles. The van der Waals surface area contributed by atoms with Crippen LogP contribution in [-0.2, 0) is 24.4 Å². The number of ether oxygens (including phenoxy) is 5. The second-order valence-electron chi connectivity index (χ2n) is 7.39. The zero-order chi connectivity index (χ0) is 21.1. The first-order valence-electron chi connectivity index (χ1n) is 10.1. The quantitative estimate of drug-likeness (QED) is 0.144. The number of nitrogens with zero attached hydrogens (tertiary/aromatic N) is 1. The second-order valence-corrected chi connectivity index (χ2v) is 7.39. The Morgan fingerprint density at radius 3 is 2.00 bits per heavy atom. The summed E-state index contributed by atoms with van der Waals surface area (Å²) >= 11 is 0. The Kier molecular flexibility index (Phi) is 12.5. The van der Waals surface area contributed by atoms with E-state index in [2.05, 4.69) is 50.4 Å². The van der Waals surface area contributed by atoms with E-state index in [0.717, 1.165) is 5.75 Å². The van der Waals surface area contributed by atoms with Crippen LogP contribution in [0, 0.1) is 12.3 Å². The molecule has 6 nitrogen and oxygen atoms in total. The third-order valence-corrected chi connectivity index (χ3v) is 5.21. The molecular weight excluding hydrogens is 497 g/mol. The Labute approximate surface area is 197 Å². The van der Waals surface area contributed by atoms with Crippen LogP contribution in [0.3, 0.4) is 0 Å². The maximum Gasteiger partial charge on any atom is 0.209 e. The Morgan fingerprint density at radius 2 is 1.43 bits per heavy atom. The Hall–Kier alpha value is -1.18. The molecule has 0 N–H and O–H groups in total. The smallest absolute Gasteiger partial charge is 0.209 e. The van der Waals surface area contributed by atoms with E-state index in [0.29, 0.717) is 59.5 Å². The highest BCUT2D eigenvalue weighted by Crippen LogP contribution is 2.40. The molecule has 30 heavy (non-hydrogen) atoms. The summed E-state index contributed by atoms with van der Waals surface area (Å²) in [5.74, 6) is 3.28. The number of benzene rings is 1. The van der Waals surface area contributed by atoms with Crippen LogP contribution in [0.15, 0.2) is 18.2 Å². The van der Waals surface area contributed by atoms with Crippen molar-refractivity contribution in [3.05, 3.63) is 23.8 Å². The van der Waals surface area contributed by atoms with E-state index in [9.17, 15) is 0 Å².